The van der Waals surface area contributed by atoms with Crippen LogP contribution in [-0.2, 0) is 0 Å². The van der Waals surface area contributed by atoms with Gasteiger partial charge in [0.05, 0.1) is 0 Å². The van der Waals surface area contributed by atoms with Gasteiger partial charge >= 0.3 is 0 Å². The van der Waals surface area contributed by atoms with E-state index in [4.69, 9.17) is 4.55 Å². The second-order valence-electron chi connectivity index (χ2n) is 4.25. The lowest BCUT2D eigenvalue weighted by Gasteiger charge is -2.21. The van der Waals surface area contributed by atoms with Gasteiger partial charge in [0.1, 0.15) is 0 Å². The summed E-state index contributed by atoms with van der Waals surface area (Å²) in [5, 5.41) is 3.52. The van der Waals surface area contributed by atoms with Gasteiger partial charge in [0.15, 0.2) is 0 Å². The Kier molecular flexibility index (Phi) is 7.55. The normalized spacial score (nSPS) is 18.6. The summed E-state index contributed by atoms with van der Waals surface area (Å²) in [5.74, 6) is 1.82. The van der Waals surface area contributed by atoms with Gasteiger partial charge in [-0.3, -0.25) is 0 Å². The third-order valence-corrected chi connectivity index (χ3v) is 3.47. The second kappa shape index (κ2) is 8.57. The summed E-state index contributed by atoms with van der Waals surface area (Å²) in [6.45, 7) is 2.34. The summed E-state index contributed by atoms with van der Waals surface area (Å²) >= 11 is 0.960. The molecule has 0 heterocycles. The molecule has 2 nitrogen and oxygen atoms in total. The molecule has 0 aromatic heterocycles. The predicted octanol–water partition coefficient (Wildman–Crippen LogP) is 3.14. The molecular weight excluding hydrogens is 194 g/mol. The van der Waals surface area contributed by atoms with E-state index in [1.54, 1.807) is 0 Å². The monoisotopic (exact) mass is 217 g/mol. The largest absolute Gasteiger partial charge is 0.330 e. The predicted molar refractivity (Wildman–Crippen MR) is 63.8 cm³/mol. The molecule has 84 valence electrons. The van der Waals surface area contributed by atoms with E-state index in [1.807, 2.05) is 0 Å². The van der Waals surface area contributed by atoms with Crippen molar-refractivity contribution in [3.8, 4) is 0 Å². The van der Waals surface area contributed by atoms with E-state index >= 15 is 0 Å². The summed E-state index contributed by atoms with van der Waals surface area (Å²) in [5.41, 5.74) is 0. The van der Waals surface area contributed by atoms with Crippen molar-refractivity contribution in [2.75, 3.05) is 18.8 Å². The molecule has 1 saturated carbocycles. The Morgan fingerprint density at radius 3 is 2.64 bits per heavy atom. The molecule has 0 unspecified atom stereocenters. The molecule has 1 aliphatic carbocycles. The highest BCUT2D eigenvalue weighted by molar-refractivity contribution is 7.93. The van der Waals surface area contributed by atoms with E-state index in [2.05, 4.69) is 5.32 Å². The van der Waals surface area contributed by atoms with Crippen LogP contribution in [0.2, 0.25) is 0 Å². The van der Waals surface area contributed by atoms with Crippen molar-refractivity contribution >= 4 is 12.0 Å². The van der Waals surface area contributed by atoms with Crippen LogP contribution in [0.3, 0.4) is 0 Å². The maximum Gasteiger partial charge on any atom is 0.0195 e. The summed E-state index contributed by atoms with van der Waals surface area (Å²) in [4.78, 5) is 0. The SMILES string of the molecule is OSCCCCNCC1CCCCC1. The van der Waals surface area contributed by atoms with Crippen LogP contribution >= 0.6 is 12.0 Å². The molecule has 1 aliphatic rings. The van der Waals surface area contributed by atoms with Crippen LogP contribution in [0, 0.1) is 5.92 Å². The zero-order valence-corrected chi connectivity index (χ0v) is 9.82. The maximum absolute atomic E-state index is 8.52. The van der Waals surface area contributed by atoms with Gasteiger partial charge < -0.3 is 9.87 Å². The van der Waals surface area contributed by atoms with E-state index in [0.29, 0.717) is 0 Å². The van der Waals surface area contributed by atoms with Gasteiger partial charge in [-0.15, -0.1) is 0 Å². The fourth-order valence-electron chi connectivity index (χ4n) is 2.11. The van der Waals surface area contributed by atoms with Crippen molar-refractivity contribution in [2.45, 2.75) is 44.9 Å². The second-order valence-corrected chi connectivity index (χ2v) is 4.91. The van der Waals surface area contributed by atoms with E-state index < -0.39 is 0 Å². The van der Waals surface area contributed by atoms with E-state index in [1.165, 1.54) is 45.1 Å². The first-order valence-electron chi connectivity index (χ1n) is 5.90. The Bertz CT molecular complexity index is 126. The lowest BCUT2D eigenvalue weighted by Crippen LogP contribution is -2.25. The lowest BCUT2D eigenvalue weighted by atomic mass is 9.89. The van der Waals surface area contributed by atoms with Gasteiger partial charge in [-0.1, -0.05) is 19.3 Å². The van der Waals surface area contributed by atoms with Crippen LogP contribution in [-0.4, -0.2) is 23.4 Å². The Labute approximate surface area is 92.1 Å². The van der Waals surface area contributed by atoms with Crippen molar-refractivity contribution in [2.24, 2.45) is 5.92 Å². The fraction of sp³-hybridized carbons (Fsp3) is 1.00. The quantitative estimate of drug-likeness (QED) is 0.507. The van der Waals surface area contributed by atoms with Gasteiger partial charge in [0.25, 0.3) is 0 Å². The number of unbranched alkanes of at least 4 members (excludes halogenated alkanes) is 1. The summed E-state index contributed by atoms with van der Waals surface area (Å²) < 4.78 is 8.52. The third-order valence-electron chi connectivity index (χ3n) is 3.00. The molecule has 2 N–H and O–H groups in total. The van der Waals surface area contributed by atoms with Crippen LogP contribution in [0.1, 0.15) is 44.9 Å². The molecule has 14 heavy (non-hydrogen) atoms. The first-order valence-corrected chi connectivity index (χ1v) is 6.85. The molecule has 0 atom stereocenters. The summed E-state index contributed by atoms with van der Waals surface area (Å²) in [7, 11) is 0. The zero-order chi connectivity index (χ0) is 10.1. The van der Waals surface area contributed by atoms with Gasteiger partial charge in [-0.25, -0.2) is 0 Å². The van der Waals surface area contributed by atoms with E-state index in [0.717, 1.165) is 36.7 Å². The molecule has 1 fully saturated rings. The first kappa shape index (κ1) is 12.3. The molecule has 0 bridgehead atoms. The standard InChI is InChI=1S/C11H23NOS/c13-14-9-5-4-8-12-10-11-6-2-1-3-7-11/h11-13H,1-10H2. The minimum atomic E-state index is 0.880. The van der Waals surface area contributed by atoms with Crippen molar-refractivity contribution < 1.29 is 4.55 Å². The average Bonchev–Trinajstić information content (AvgIpc) is 2.25. The van der Waals surface area contributed by atoms with E-state index in [9.17, 15) is 0 Å². The smallest absolute Gasteiger partial charge is 0.0195 e. The van der Waals surface area contributed by atoms with E-state index in [-0.39, 0.29) is 0 Å². The van der Waals surface area contributed by atoms with Crippen molar-refractivity contribution in [1.29, 1.82) is 0 Å². The molecule has 3 heteroatoms. The molecular formula is C11H23NOS. The molecule has 0 aliphatic heterocycles. The zero-order valence-electron chi connectivity index (χ0n) is 9.00. The molecule has 0 radical (unpaired) electrons. The van der Waals surface area contributed by atoms with Crippen molar-refractivity contribution in [1.82, 2.24) is 5.32 Å². The first-order chi connectivity index (χ1) is 6.93. The molecule has 0 saturated heterocycles. The average molecular weight is 217 g/mol. The Balaban J connectivity index is 1.82. The van der Waals surface area contributed by atoms with Gasteiger partial charge in [0.2, 0.25) is 0 Å². The maximum atomic E-state index is 8.52. The van der Waals surface area contributed by atoms with Crippen LogP contribution in [0.4, 0.5) is 0 Å². The Morgan fingerprint density at radius 2 is 1.93 bits per heavy atom. The minimum Gasteiger partial charge on any atom is -0.330 e. The highest BCUT2D eigenvalue weighted by atomic mass is 32.2. The highest BCUT2D eigenvalue weighted by Crippen LogP contribution is 2.22. The van der Waals surface area contributed by atoms with Crippen LogP contribution in [0.15, 0.2) is 0 Å². The molecule has 0 amide bonds. The van der Waals surface area contributed by atoms with Gasteiger partial charge in [-0.05, 0) is 56.7 Å². The lowest BCUT2D eigenvalue weighted by molar-refractivity contribution is 0.342. The highest BCUT2D eigenvalue weighted by Gasteiger charge is 2.11. The summed E-state index contributed by atoms with van der Waals surface area (Å²) in [6, 6.07) is 0. The number of rotatable bonds is 7. The summed E-state index contributed by atoms with van der Waals surface area (Å²) in [6.07, 6.45) is 9.50. The minimum absolute atomic E-state index is 0.880. The molecule has 0 aromatic carbocycles. The van der Waals surface area contributed by atoms with Crippen LogP contribution < -0.4 is 5.32 Å². The van der Waals surface area contributed by atoms with Gasteiger partial charge in [-0.2, -0.15) is 0 Å². The molecule has 1 rings (SSSR count). The number of nitrogens with one attached hydrogen (secondary N) is 1. The number of hydrogen-bond acceptors (Lipinski definition) is 3. The van der Waals surface area contributed by atoms with Crippen LogP contribution in [0.25, 0.3) is 0 Å². The van der Waals surface area contributed by atoms with Crippen LogP contribution in [0.5, 0.6) is 0 Å². The topological polar surface area (TPSA) is 32.3 Å². The molecule has 0 aromatic rings. The Hall–Kier alpha value is 0.270. The third kappa shape index (κ3) is 5.89. The number of hydrogen-bond donors (Lipinski definition) is 2. The fourth-order valence-corrected chi connectivity index (χ4v) is 2.45. The van der Waals surface area contributed by atoms with Gasteiger partial charge in [0, 0.05) is 5.75 Å². The van der Waals surface area contributed by atoms with Crippen molar-refractivity contribution in [3.63, 3.8) is 0 Å². The molecule has 0 spiro atoms. The Morgan fingerprint density at radius 1 is 1.14 bits per heavy atom. The van der Waals surface area contributed by atoms with Crippen molar-refractivity contribution in [3.05, 3.63) is 0 Å².